The van der Waals surface area contributed by atoms with Crippen LogP contribution in [-0.2, 0) is 4.79 Å². The van der Waals surface area contributed by atoms with Crippen LogP contribution in [0.15, 0.2) is 66.0 Å². The van der Waals surface area contributed by atoms with Crippen LogP contribution < -0.4 is 10.1 Å². The van der Waals surface area contributed by atoms with E-state index in [9.17, 15) is 9.59 Å². The van der Waals surface area contributed by atoms with Crippen LogP contribution >= 0.6 is 22.9 Å². The van der Waals surface area contributed by atoms with Crippen molar-refractivity contribution in [3.8, 4) is 11.5 Å². The standard InChI is InChI=1S/C23H21ClN2O3S/c24-19-4-1-2-5-20(19)29-18-9-7-17(8-10-18)25-22(27)16-11-13-26(14-12-16)23(28)21-6-3-15-30-21/h1-10,15-16H,11-14H2,(H,25,27). The number of benzene rings is 2. The normalized spacial score (nSPS) is 14.4. The second kappa shape index (κ2) is 9.32. The van der Waals surface area contributed by atoms with Crippen molar-refractivity contribution in [1.29, 1.82) is 0 Å². The summed E-state index contributed by atoms with van der Waals surface area (Å²) in [5, 5.41) is 5.41. The van der Waals surface area contributed by atoms with E-state index in [2.05, 4.69) is 5.32 Å². The molecule has 0 spiro atoms. The van der Waals surface area contributed by atoms with Gasteiger partial charge in [0.15, 0.2) is 0 Å². The Morgan fingerprint density at radius 2 is 1.73 bits per heavy atom. The number of hydrogen-bond donors (Lipinski definition) is 1. The Morgan fingerprint density at radius 1 is 1.00 bits per heavy atom. The largest absolute Gasteiger partial charge is 0.456 e. The van der Waals surface area contributed by atoms with Crippen molar-refractivity contribution in [2.45, 2.75) is 12.8 Å². The Morgan fingerprint density at radius 3 is 2.40 bits per heavy atom. The molecule has 0 bridgehead atoms. The van der Waals surface area contributed by atoms with E-state index >= 15 is 0 Å². The van der Waals surface area contributed by atoms with E-state index in [0.717, 1.165) is 4.88 Å². The number of thiophene rings is 1. The molecule has 1 fully saturated rings. The number of carbonyl (C=O) groups excluding carboxylic acids is 2. The Bertz CT molecular complexity index is 1010. The molecule has 3 aromatic rings. The van der Waals surface area contributed by atoms with Gasteiger partial charge in [-0.15, -0.1) is 11.3 Å². The summed E-state index contributed by atoms with van der Waals surface area (Å²) in [5.74, 6) is 1.16. The number of para-hydroxylation sites is 1. The van der Waals surface area contributed by atoms with Gasteiger partial charge in [0.2, 0.25) is 5.91 Å². The first-order valence-electron chi connectivity index (χ1n) is 9.76. The highest BCUT2D eigenvalue weighted by atomic mass is 35.5. The number of nitrogens with one attached hydrogen (secondary N) is 1. The molecular weight excluding hydrogens is 420 g/mol. The SMILES string of the molecule is O=C(Nc1ccc(Oc2ccccc2Cl)cc1)C1CCN(C(=O)c2cccs2)CC1. The highest BCUT2D eigenvalue weighted by molar-refractivity contribution is 7.12. The zero-order chi connectivity index (χ0) is 20.9. The minimum atomic E-state index is -0.101. The first-order valence-corrected chi connectivity index (χ1v) is 11.0. The first-order chi connectivity index (χ1) is 14.6. The summed E-state index contributed by atoms with van der Waals surface area (Å²) >= 11 is 7.56. The predicted molar refractivity (Wildman–Crippen MR) is 120 cm³/mol. The van der Waals surface area contributed by atoms with Crippen molar-refractivity contribution < 1.29 is 14.3 Å². The van der Waals surface area contributed by atoms with Gasteiger partial charge < -0.3 is 15.0 Å². The minimum absolute atomic E-state index is 0.0157. The third-order valence-corrected chi connectivity index (χ3v) is 6.24. The number of piperidine rings is 1. The highest BCUT2D eigenvalue weighted by Gasteiger charge is 2.28. The molecule has 0 aliphatic carbocycles. The van der Waals surface area contributed by atoms with Crippen molar-refractivity contribution in [2.24, 2.45) is 5.92 Å². The molecule has 0 radical (unpaired) electrons. The van der Waals surface area contributed by atoms with Gasteiger partial charge in [-0.25, -0.2) is 0 Å². The van der Waals surface area contributed by atoms with Gasteiger partial charge in [-0.3, -0.25) is 9.59 Å². The number of carbonyl (C=O) groups is 2. The molecule has 7 heteroatoms. The van der Waals surface area contributed by atoms with E-state index in [1.807, 2.05) is 34.5 Å². The van der Waals surface area contributed by atoms with Gasteiger partial charge in [0.1, 0.15) is 11.5 Å². The summed E-state index contributed by atoms with van der Waals surface area (Å²) < 4.78 is 5.77. The van der Waals surface area contributed by atoms with Crippen LogP contribution in [0, 0.1) is 5.92 Å². The van der Waals surface area contributed by atoms with Crippen LogP contribution in [0.25, 0.3) is 0 Å². The van der Waals surface area contributed by atoms with Crippen LogP contribution in [0.3, 0.4) is 0 Å². The van der Waals surface area contributed by atoms with Crippen molar-refractivity contribution in [1.82, 2.24) is 4.90 Å². The van der Waals surface area contributed by atoms with E-state index in [1.54, 1.807) is 36.4 Å². The number of hydrogen-bond acceptors (Lipinski definition) is 4. The molecule has 1 aromatic heterocycles. The maximum absolute atomic E-state index is 12.6. The lowest BCUT2D eigenvalue weighted by Crippen LogP contribution is -2.41. The van der Waals surface area contributed by atoms with Crippen molar-refractivity contribution in [3.05, 3.63) is 75.9 Å². The molecule has 1 aliphatic rings. The Balaban J connectivity index is 1.29. The number of nitrogens with zero attached hydrogens (tertiary/aromatic N) is 1. The molecule has 1 saturated heterocycles. The third kappa shape index (κ3) is 4.83. The number of halogens is 1. The molecule has 0 unspecified atom stereocenters. The van der Waals surface area contributed by atoms with Crippen molar-refractivity contribution in [3.63, 3.8) is 0 Å². The lowest BCUT2D eigenvalue weighted by molar-refractivity contribution is -0.121. The smallest absolute Gasteiger partial charge is 0.263 e. The molecule has 154 valence electrons. The molecule has 2 amide bonds. The number of anilines is 1. The molecule has 0 saturated carbocycles. The predicted octanol–water partition coefficient (Wildman–Crippen LogP) is 5.68. The van der Waals surface area contributed by atoms with Crippen LogP contribution in [-0.4, -0.2) is 29.8 Å². The summed E-state index contributed by atoms with van der Waals surface area (Å²) in [4.78, 5) is 27.6. The molecule has 2 heterocycles. The minimum Gasteiger partial charge on any atom is -0.456 e. The zero-order valence-corrected chi connectivity index (χ0v) is 17.8. The molecule has 1 aliphatic heterocycles. The van der Waals surface area contributed by atoms with E-state index < -0.39 is 0 Å². The summed E-state index contributed by atoms with van der Waals surface area (Å²) in [6.07, 6.45) is 1.33. The number of likely N-dealkylation sites (tertiary alicyclic amines) is 1. The summed E-state index contributed by atoms with van der Waals surface area (Å²) in [6, 6.07) is 18.2. The zero-order valence-electron chi connectivity index (χ0n) is 16.2. The fourth-order valence-corrected chi connectivity index (χ4v) is 4.27. The summed E-state index contributed by atoms with van der Waals surface area (Å²) in [5.41, 5.74) is 0.712. The second-order valence-electron chi connectivity index (χ2n) is 7.09. The van der Waals surface area contributed by atoms with Crippen molar-refractivity contribution >= 4 is 40.4 Å². The van der Waals surface area contributed by atoms with E-state index in [0.29, 0.717) is 48.1 Å². The fraction of sp³-hybridized carbons (Fsp3) is 0.217. The Kier molecular flexibility index (Phi) is 6.35. The fourth-order valence-electron chi connectivity index (χ4n) is 3.41. The second-order valence-corrected chi connectivity index (χ2v) is 8.44. The first kappa shape index (κ1) is 20.4. The maximum atomic E-state index is 12.6. The maximum Gasteiger partial charge on any atom is 0.263 e. The van der Waals surface area contributed by atoms with Crippen LogP contribution in [0.2, 0.25) is 5.02 Å². The highest BCUT2D eigenvalue weighted by Crippen LogP contribution is 2.29. The third-order valence-electron chi connectivity index (χ3n) is 5.07. The molecule has 30 heavy (non-hydrogen) atoms. The number of rotatable bonds is 5. The number of ether oxygens (including phenoxy) is 1. The van der Waals surface area contributed by atoms with Gasteiger partial charge in [0, 0.05) is 24.7 Å². The molecular formula is C23H21ClN2O3S. The van der Waals surface area contributed by atoms with Gasteiger partial charge in [-0.05, 0) is 60.7 Å². The quantitative estimate of drug-likeness (QED) is 0.554. The topological polar surface area (TPSA) is 58.6 Å². The van der Waals surface area contributed by atoms with E-state index in [-0.39, 0.29) is 17.7 Å². The average Bonchev–Trinajstić information content (AvgIpc) is 3.31. The monoisotopic (exact) mass is 440 g/mol. The van der Waals surface area contributed by atoms with Gasteiger partial charge in [0.25, 0.3) is 5.91 Å². The van der Waals surface area contributed by atoms with Gasteiger partial charge in [-0.1, -0.05) is 29.8 Å². The molecule has 2 aromatic carbocycles. The van der Waals surface area contributed by atoms with Crippen LogP contribution in [0.1, 0.15) is 22.5 Å². The van der Waals surface area contributed by atoms with E-state index in [4.69, 9.17) is 16.3 Å². The van der Waals surface area contributed by atoms with Gasteiger partial charge in [-0.2, -0.15) is 0 Å². The molecule has 0 atom stereocenters. The lowest BCUT2D eigenvalue weighted by atomic mass is 9.95. The summed E-state index contributed by atoms with van der Waals surface area (Å²) in [7, 11) is 0. The Labute approximate surface area is 184 Å². The number of amides is 2. The molecule has 4 rings (SSSR count). The van der Waals surface area contributed by atoms with E-state index in [1.165, 1.54) is 11.3 Å². The Hall–Kier alpha value is -2.83. The lowest BCUT2D eigenvalue weighted by Gasteiger charge is -2.31. The molecule has 1 N–H and O–H groups in total. The van der Waals surface area contributed by atoms with Gasteiger partial charge >= 0.3 is 0 Å². The average molecular weight is 441 g/mol. The summed E-state index contributed by atoms with van der Waals surface area (Å²) in [6.45, 7) is 1.19. The van der Waals surface area contributed by atoms with Crippen LogP contribution in [0.4, 0.5) is 5.69 Å². The van der Waals surface area contributed by atoms with Crippen LogP contribution in [0.5, 0.6) is 11.5 Å². The molecule has 5 nitrogen and oxygen atoms in total. The van der Waals surface area contributed by atoms with Crippen molar-refractivity contribution in [2.75, 3.05) is 18.4 Å². The van der Waals surface area contributed by atoms with Gasteiger partial charge in [0.05, 0.1) is 9.90 Å².